The molecule has 2 aromatic rings. The molecule has 3 heterocycles. The van der Waals surface area contributed by atoms with Gasteiger partial charge in [0, 0.05) is 5.75 Å². The van der Waals surface area contributed by atoms with Gasteiger partial charge in [-0.15, -0.1) is 0 Å². The molecular formula is C15H19F3N5Na2O7PS. The maximum atomic E-state index is 12.7. The van der Waals surface area contributed by atoms with Gasteiger partial charge in [-0.1, -0.05) is 18.7 Å². The van der Waals surface area contributed by atoms with Gasteiger partial charge in [0.15, 0.2) is 28.4 Å². The van der Waals surface area contributed by atoms with Crippen molar-refractivity contribution >= 4 is 36.6 Å². The molecule has 0 saturated carbocycles. The minimum Gasteiger partial charge on any atom is -0.790 e. The molecule has 0 aromatic carbocycles. The summed E-state index contributed by atoms with van der Waals surface area (Å²) in [5.41, 5.74) is -0.0249. The smallest absolute Gasteiger partial charge is 0.790 e. The van der Waals surface area contributed by atoms with Gasteiger partial charge in [-0.3, -0.25) is 4.57 Å². The predicted molar refractivity (Wildman–Crippen MR) is 100 cm³/mol. The van der Waals surface area contributed by atoms with Crippen molar-refractivity contribution in [2.24, 2.45) is 0 Å². The van der Waals surface area contributed by atoms with Gasteiger partial charge < -0.3 is 39.1 Å². The molecule has 19 heteroatoms. The summed E-state index contributed by atoms with van der Waals surface area (Å²) in [6.07, 6.45) is -8.57. The van der Waals surface area contributed by atoms with Crippen LogP contribution in [0.5, 0.6) is 0 Å². The Balaban J connectivity index is 0.00000289. The van der Waals surface area contributed by atoms with E-state index in [-0.39, 0.29) is 81.3 Å². The van der Waals surface area contributed by atoms with Crippen molar-refractivity contribution in [2.75, 3.05) is 24.2 Å². The number of hydrogen-bond acceptors (Lipinski definition) is 12. The van der Waals surface area contributed by atoms with E-state index in [2.05, 4.69) is 24.8 Å². The molecular weight excluding hydrogens is 528 g/mol. The van der Waals surface area contributed by atoms with E-state index < -0.39 is 51.7 Å². The summed E-state index contributed by atoms with van der Waals surface area (Å²) in [7, 11) is -5.34. The van der Waals surface area contributed by atoms with Gasteiger partial charge in [-0.05, 0) is 6.42 Å². The van der Waals surface area contributed by atoms with Crippen molar-refractivity contribution in [2.45, 2.75) is 49.2 Å². The minimum atomic E-state index is -5.34. The topological polar surface area (TPSA) is 178 Å². The molecule has 0 radical (unpaired) electrons. The number of aromatic nitrogens is 4. The van der Waals surface area contributed by atoms with Crippen LogP contribution in [0.15, 0.2) is 11.5 Å². The summed E-state index contributed by atoms with van der Waals surface area (Å²) in [5, 5.41) is 22.8. The fourth-order valence-electron chi connectivity index (χ4n) is 2.91. The fraction of sp³-hybridized carbons (Fsp3) is 0.667. The minimum absolute atomic E-state index is 0. The first kappa shape index (κ1) is 32.5. The molecule has 34 heavy (non-hydrogen) atoms. The average molecular weight is 547 g/mol. The third-order valence-corrected chi connectivity index (χ3v) is 5.82. The van der Waals surface area contributed by atoms with E-state index in [0.29, 0.717) is 5.75 Å². The number of fused-ring (bicyclic) bond motifs is 1. The van der Waals surface area contributed by atoms with Crippen molar-refractivity contribution in [1.29, 1.82) is 0 Å². The second kappa shape index (κ2) is 13.3. The number of aliphatic hydroxyl groups excluding tert-OH is 2. The molecule has 0 aliphatic carbocycles. The molecule has 1 aliphatic rings. The third-order valence-electron chi connectivity index (χ3n) is 4.30. The molecule has 0 unspecified atom stereocenters. The molecule has 1 aliphatic heterocycles. The molecule has 4 atom stereocenters. The summed E-state index contributed by atoms with van der Waals surface area (Å²) < 4.78 is 59.5. The third kappa shape index (κ3) is 8.52. The molecule has 180 valence electrons. The maximum Gasteiger partial charge on any atom is 1.00 e. The molecule has 2 aromatic heterocycles. The van der Waals surface area contributed by atoms with Gasteiger partial charge in [0.25, 0.3) is 0 Å². The van der Waals surface area contributed by atoms with Gasteiger partial charge >= 0.3 is 65.3 Å². The summed E-state index contributed by atoms with van der Waals surface area (Å²) >= 11 is 1.19. The Labute approximate surface area is 240 Å². The number of hydrogen-bond donors (Lipinski definition) is 3. The standard InChI is InChI=1S/C15H21F3N5O7PS.2Na/c1-2-3-32-14-21-11(19-5-15(16,17)18)8-12(22-14)23(6-20-8)13-10(25)9(24)7(30-13)4-29-31(26,27)28;;/h6-7,9-10,13,24-25H,2-5H2,1H3,(H,19,21,22)(H2,26,27,28);;/q;2*+1/p-2/t7-,9-,10-,13-;;/m1../s1. The van der Waals surface area contributed by atoms with Crippen molar-refractivity contribution in [3.63, 3.8) is 0 Å². The van der Waals surface area contributed by atoms with Crippen LogP contribution in [0.3, 0.4) is 0 Å². The Morgan fingerprint density at radius 2 is 1.97 bits per heavy atom. The Morgan fingerprint density at radius 1 is 1.29 bits per heavy atom. The summed E-state index contributed by atoms with van der Waals surface area (Å²) in [5.74, 6) is 0.403. The van der Waals surface area contributed by atoms with Crippen molar-refractivity contribution < 1.29 is 106 Å². The predicted octanol–water partition coefficient (Wildman–Crippen LogP) is -6.22. The zero-order chi connectivity index (χ0) is 23.7. The van der Waals surface area contributed by atoms with E-state index >= 15 is 0 Å². The van der Waals surface area contributed by atoms with Crippen LogP contribution in [-0.4, -0.2) is 73.1 Å². The zero-order valence-electron chi connectivity index (χ0n) is 18.4. The summed E-state index contributed by atoms with van der Waals surface area (Å²) in [6, 6.07) is 0. The SMILES string of the molecule is CCCSc1nc(NCC(F)(F)F)c2ncn([C@@H]3O[C@H](COP(=O)([O-])[O-])[C@@H](O)[C@H]3O)c2n1.[Na+].[Na+]. The summed E-state index contributed by atoms with van der Waals surface area (Å²) in [4.78, 5) is 33.7. The first-order valence-corrected chi connectivity index (χ1v) is 11.7. The number of phosphoric acid groups is 1. The van der Waals surface area contributed by atoms with Gasteiger partial charge in [0.2, 0.25) is 0 Å². The van der Waals surface area contributed by atoms with Gasteiger partial charge in [-0.2, -0.15) is 13.2 Å². The first-order valence-electron chi connectivity index (χ1n) is 9.26. The Bertz CT molecular complexity index is 1000. The van der Waals surface area contributed by atoms with E-state index in [1.54, 1.807) is 0 Å². The molecule has 0 spiro atoms. The van der Waals surface area contributed by atoms with E-state index in [0.717, 1.165) is 12.7 Å². The number of thioether (sulfide) groups is 1. The number of rotatable bonds is 9. The average Bonchev–Trinajstić information content (AvgIpc) is 3.23. The van der Waals surface area contributed by atoms with Crippen LogP contribution >= 0.6 is 19.6 Å². The number of nitrogens with one attached hydrogen (secondary N) is 1. The molecule has 3 N–H and O–H groups in total. The Morgan fingerprint density at radius 3 is 2.56 bits per heavy atom. The second-order valence-electron chi connectivity index (χ2n) is 6.79. The Hall–Kier alpha value is 0.480. The maximum absolute atomic E-state index is 12.7. The summed E-state index contributed by atoms with van der Waals surface area (Å²) in [6.45, 7) is -0.306. The van der Waals surface area contributed by atoms with Crippen LogP contribution in [0, 0.1) is 0 Å². The van der Waals surface area contributed by atoms with Crippen LogP contribution < -0.4 is 74.2 Å². The molecule has 12 nitrogen and oxygen atoms in total. The van der Waals surface area contributed by atoms with Gasteiger partial charge in [-0.25, -0.2) is 15.0 Å². The van der Waals surface area contributed by atoms with Gasteiger partial charge in [0.05, 0.1) is 20.8 Å². The molecule has 3 rings (SSSR count). The van der Waals surface area contributed by atoms with E-state index in [9.17, 15) is 37.7 Å². The van der Waals surface area contributed by atoms with Crippen LogP contribution in [0.2, 0.25) is 0 Å². The fourth-order valence-corrected chi connectivity index (χ4v) is 3.93. The molecule has 0 bridgehead atoms. The zero-order valence-corrected chi connectivity index (χ0v) is 24.1. The number of halogens is 3. The van der Waals surface area contributed by atoms with E-state index in [4.69, 9.17) is 4.74 Å². The largest absolute Gasteiger partial charge is 1.00 e. The number of aliphatic hydroxyl groups is 2. The number of anilines is 1. The normalized spacial score (nSPS) is 22.9. The second-order valence-corrected chi connectivity index (χ2v) is 9.00. The van der Waals surface area contributed by atoms with Crippen molar-refractivity contribution in [1.82, 2.24) is 19.5 Å². The number of phosphoric ester groups is 1. The van der Waals surface area contributed by atoms with E-state index in [1.165, 1.54) is 16.3 Å². The number of nitrogens with zero attached hydrogens (tertiary/aromatic N) is 4. The van der Waals surface area contributed by atoms with Crippen LogP contribution in [0.25, 0.3) is 11.2 Å². The quantitative estimate of drug-likeness (QED) is 0.117. The number of ether oxygens (including phenoxy) is 1. The molecule has 1 saturated heterocycles. The Kier molecular flexibility index (Phi) is 12.7. The first-order chi connectivity index (χ1) is 14.9. The van der Waals surface area contributed by atoms with Crippen LogP contribution in [0.4, 0.5) is 19.0 Å². The van der Waals surface area contributed by atoms with E-state index in [1.807, 2.05) is 6.92 Å². The monoisotopic (exact) mass is 547 g/mol. The molecule has 0 amide bonds. The molecule has 1 fully saturated rings. The number of alkyl halides is 3. The van der Waals surface area contributed by atoms with Crippen molar-refractivity contribution in [3.05, 3.63) is 6.33 Å². The van der Waals surface area contributed by atoms with Crippen molar-refractivity contribution in [3.8, 4) is 0 Å². The van der Waals surface area contributed by atoms with Crippen LogP contribution in [0.1, 0.15) is 19.6 Å². The van der Waals surface area contributed by atoms with Gasteiger partial charge in [0.1, 0.15) is 24.9 Å². The van der Waals surface area contributed by atoms with Crippen LogP contribution in [-0.2, 0) is 13.8 Å². The number of imidazole rings is 1.